The minimum absolute atomic E-state index is 0.0611. The van der Waals surface area contributed by atoms with Crippen LogP contribution in [0.1, 0.15) is 0 Å². The molecule has 0 unspecified atom stereocenters. The van der Waals surface area contributed by atoms with E-state index in [9.17, 15) is 10.1 Å². The van der Waals surface area contributed by atoms with Crippen LogP contribution in [0.4, 0.5) is 5.69 Å². The van der Waals surface area contributed by atoms with Crippen molar-refractivity contribution in [2.45, 2.75) is 0 Å². The van der Waals surface area contributed by atoms with Crippen LogP contribution in [0.3, 0.4) is 0 Å². The van der Waals surface area contributed by atoms with Crippen molar-refractivity contribution >= 4 is 5.69 Å². The molecule has 1 aromatic heterocycles. The van der Waals surface area contributed by atoms with Crippen molar-refractivity contribution in [2.75, 3.05) is 33.4 Å². The molecule has 0 aliphatic rings. The first-order valence-corrected chi connectivity index (χ1v) is 7.40. The van der Waals surface area contributed by atoms with E-state index in [4.69, 9.17) is 14.2 Å². The molecule has 0 saturated heterocycles. The van der Waals surface area contributed by atoms with Gasteiger partial charge in [0.15, 0.2) is 11.5 Å². The summed E-state index contributed by atoms with van der Waals surface area (Å²) < 4.78 is 16.2. The predicted octanol–water partition coefficient (Wildman–Crippen LogP) is 2.05. The minimum atomic E-state index is -0.500. The molecule has 0 radical (unpaired) electrons. The van der Waals surface area contributed by atoms with E-state index >= 15 is 0 Å². The molecule has 0 bridgehead atoms. The quantitative estimate of drug-likeness (QED) is 0.404. The zero-order chi connectivity index (χ0) is 17.2. The number of para-hydroxylation sites is 2. The van der Waals surface area contributed by atoms with Gasteiger partial charge in [0.05, 0.1) is 12.0 Å². The van der Waals surface area contributed by atoms with Crippen LogP contribution in [0.2, 0.25) is 0 Å². The van der Waals surface area contributed by atoms with E-state index in [0.717, 1.165) is 0 Å². The van der Waals surface area contributed by atoms with Crippen LogP contribution in [0.5, 0.6) is 17.4 Å². The van der Waals surface area contributed by atoms with Crippen LogP contribution in [0.25, 0.3) is 0 Å². The van der Waals surface area contributed by atoms with Gasteiger partial charge in [-0.1, -0.05) is 12.1 Å². The number of ether oxygens (including phenoxy) is 3. The molecule has 0 amide bonds. The molecule has 1 aromatic carbocycles. The number of hydrogen-bond donors (Lipinski definition) is 1. The van der Waals surface area contributed by atoms with Crippen LogP contribution < -0.4 is 19.5 Å². The van der Waals surface area contributed by atoms with E-state index in [2.05, 4.69) is 10.3 Å². The number of hydrogen-bond acceptors (Lipinski definition) is 7. The van der Waals surface area contributed by atoms with Gasteiger partial charge in [-0.05, 0) is 12.1 Å². The Morgan fingerprint density at radius 1 is 1.08 bits per heavy atom. The van der Waals surface area contributed by atoms with E-state index in [1.165, 1.54) is 18.3 Å². The number of aromatic nitrogens is 1. The number of nitrogens with one attached hydrogen (secondary N) is 1. The van der Waals surface area contributed by atoms with E-state index < -0.39 is 4.92 Å². The standard InChI is InChI=1S/C16H19N3O5/c1-22-14-4-2-3-5-15(14)23-10-8-17-9-11-24-16-7-6-13(12-18-16)19(20)21/h2-7,12,17H,8-11H2,1H3. The predicted molar refractivity (Wildman–Crippen MR) is 87.7 cm³/mol. The fraction of sp³-hybridized carbons (Fsp3) is 0.312. The molecule has 0 aliphatic heterocycles. The van der Waals surface area contributed by atoms with E-state index in [1.54, 1.807) is 7.11 Å². The lowest BCUT2D eigenvalue weighted by Gasteiger charge is -2.11. The Morgan fingerprint density at radius 3 is 2.42 bits per heavy atom. The second-order valence-corrected chi connectivity index (χ2v) is 4.71. The fourth-order valence-corrected chi connectivity index (χ4v) is 1.89. The molecular weight excluding hydrogens is 314 g/mol. The van der Waals surface area contributed by atoms with Crippen molar-refractivity contribution in [1.82, 2.24) is 10.3 Å². The van der Waals surface area contributed by atoms with Gasteiger partial charge in [0.25, 0.3) is 5.69 Å². The van der Waals surface area contributed by atoms with Gasteiger partial charge in [-0.2, -0.15) is 0 Å². The summed E-state index contributed by atoms with van der Waals surface area (Å²) in [6, 6.07) is 10.3. The number of nitrogens with zero attached hydrogens (tertiary/aromatic N) is 2. The third-order valence-corrected chi connectivity index (χ3v) is 3.07. The monoisotopic (exact) mass is 333 g/mol. The molecule has 0 aliphatic carbocycles. The minimum Gasteiger partial charge on any atom is -0.493 e. The summed E-state index contributed by atoms with van der Waals surface area (Å²) in [4.78, 5) is 13.9. The molecule has 0 spiro atoms. The Morgan fingerprint density at radius 2 is 1.79 bits per heavy atom. The van der Waals surface area contributed by atoms with Gasteiger partial charge in [-0.3, -0.25) is 10.1 Å². The average Bonchev–Trinajstić information content (AvgIpc) is 2.61. The van der Waals surface area contributed by atoms with Gasteiger partial charge in [-0.15, -0.1) is 0 Å². The molecule has 1 N–H and O–H groups in total. The Bertz CT molecular complexity index is 648. The van der Waals surface area contributed by atoms with Gasteiger partial charge in [0, 0.05) is 25.2 Å². The van der Waals surface area contributed by atoms with Crippen LogP contribution >= 0.6 is 0 Å². The number of rotatable bonds is 10. The topological polar surface area (TPSA) is 95.8 Å². The largest absolute Gasteiger partial charge is 0.493 e. The van der Waals surface area contributed by atoms with Crippen molar-refractivity contribution in [3.05, 3.63) is 52.7 Å². The molecule has 24 heavy (non-hydrogen) atoms. The third-order valence-electron chi connectivity index (χ3n) is 3.07. The first kappa shape index (κ1) is 17.5. The van der Waals surface area contributed by atoms with E-state index in [1.807, 2.05) is 24.3 Å². The highest BCUT2D eigenvalue weighted by Crippen LogP contribution is 2.25. The summed E-state index contributed by atoms with van der Waals surface area (Å²) in [7, 11) is 1.60. The lowest BCUT2D eigenvalue weighted by atomic mass is 10.3. The molecule has 0 saturated carbocycles. The molecule has 128 valence electrons. The number of benzene rings is 1. The van der Waals surface area contributed by atoms with Gasteiger partial charge in [-0.25, -0.2) is 4.98 Å². The first-order valence-electron chi connectivity index (χ1n) is 7.40. The van der Waals surface area contributed by atoms with Crippen molar-refractivity contribution in [3.8, 4) is 17.4 Å². The summed E-state index contributed by atoms with van der Waals surface area (Å²) in [6.07, 6.45) is 1.17. The zero-order valence-electron chi connectivity index (χ0n) is 13.3. The molecule has 1 heterocycles. The number of pyridine rings is 1. The smallest absolute Gasteiger partial charge is 0.287 e. The molecule has 2 rings (SSSR count). The molecule has 8 nitrogen and oxygen atoms in total. The van der Waals surface area contributed by atoms with Crippen LogP contribution in [0, 0.1) is 10.1 Å². The highest BCUT2D eigenvalue weighted by Gasteiger charge is 2.05. The second kappa shape index (κ2) is 9.31. The SMILES string of the molecule is COc1ccccc1OCCNCCOc1ccc([N+](=O)[O-])cn1. The van der Waals surface area contributed by atoms with Gasteiger partial charge in [0.2, 0.25) is 5.88 Å². The Hall–Kier alpha value is -2.87. The van der Waals surface area contributed by atoms with Crippen molar-refractivity contribution in [1.29, 1.82) is 0 Å². The van der Waals surface area contributed by atoms with Crippen LogP contribution in [0.15, 0.2) is 42.6 Å². The molecule has 2 aromatic rings. The molecule has 0 atom stereocenters. The van der Waals surface area contributed by atoms with Crippen molar-refractivity contribution < 1.29 is 19.1 Å². The first-order chi connectivity index (χ1) is 11.7. The maximum atomic E-state index is 10.5. The van der Waals surface area contributed by atoms with Gasteiger partial charge in [0.1, 0.15) is 19.4 Å². The van der Waals surface area contributed by atoms with Crippen molar-refractivity contribution in [2.24, 2.45) is 0 Å². The molecular formula is C16H19N3O5. The number of nitro groups is 1. The number of methoxy groups -OCH3 is 1. The summed E-state index contributed by atoms with van der Waals surface area (Å²) in [5.41, 5.74) is -0.0611. The summed E-state index contributed by atoms with van der Waals surface area (Å²) in [5.74, 6) is 1.76. The second-order valence-electron chi connectivity index (χ2n) is 4.71. The molecule has 8 heteroatoms. The van der Waals surface area contributed by atoms with Gasteiger partial charge >= 0.3 is 0 Å². The Balaban J connectivity index is 1.59. The zero-order valence-corrected chi connectivity index (χ0v) is 13.3. The lowest BCUT2D eigenvalue weighted by molar-refractivity contribution is -0.385. The highest BCUT2D eigenvalue weighted by molar-refractivity contribution is 5.39. The summed E-state index contributed by atoms with van der Waals surface area (Å²) in [6.45, 7) is 2.15. The average molecular weight is 333 g/mol. The van der Waals surface area contributed by atoms with Crippen molar-refractivity contribution in [3.63, 3.8) is 0 Å². The highest BCUT2D eigenvalue weighted by atomic mass is 16.6. The summed E-state index contributed by atoms with van der Waals surface area (Å²) in [5, 5.41) is 13.7. The maximum absolute atomic E-state index is 10.5. The van der Waals surface area contributed by atoms with Crippen LogP contribution in [-0.4, -0.2) is 43.3 Å². The third kappa shape index (κ3) is 5.40. The molecule has 0 fully saturated rings. The lowest BCUT2D eigenvalue weighted by Crippen LogP contribution is -2.26. The maximum Gasteiger partial charge on any atom is 0.287 e. The van der Waals surface area contributed by atoms with E-state index in [-0.39, 0.29) is 5.69 Å². The van der Waals surface area contributed by atoms with Crippen LogP contribution in [-0.2, 0) is 0 Å². The Labute approximate surface area is 139 Å². The normalized spacial score (nSPS) is 10.2. The summed E-state index contributed by atoms with van der Waals surface area (Å²) >= 11 is 0. The van der Waals surface area contributed by atoms with E-state index in [0.29, 0.717) is 43.7 Å². The fourth-order valence-electron chi connectivity index (χ4n) is 1.89. The Kier molecular flexibility index (Phi) is 6.78. The van der Waals surface area contributed by atoms with Gasteiger partial charge < -0.3 is 19.5 Å².